The van der Waals surface area contributed by atoms with Crippen molar-refractivity contribution in [2.45, 2.75) is 26.7 Å². The third-order valence-electron chi connectivity index (χ3n) is 4.96. The number of ether oxygens (including phenoxy) is 1. The van der Waals surface area contributed by atoms with Crippen molar-refractivity contribution in [2.75, 3.05) is 29.9 Å². The van der Waals surface area contributed by atoms with Gasteiger partial charge in [0.25, 0.3) is 5.91 Å². The van der Waals surface area contributed by atoms with Gasteiger partial charge in [0.15, 0.2) is 5.11 Å². The van der Waals surface area contributed by atoms with Crippen LogP contribution in [0.25, 0.3) is 0 Å². The summed E-state index contributed by atoms with van der Waals surface area (Å²) in [6, 6.07) is 12.7. The Morgan fingerprint density at radius 2 is 2.00 bits per heavy atom. The summed E-state index contributed by atoms with van der Waals surface area (Å²) < 4.78 is 5.43. The van der Waals surface area contributed by atoms with E-state index in [-0.39, 0.29) is 11.0 Å². The molecule has 29 heavy (non-hydrogen) atoms. The number of halogens is 1. The zero-order chi connectivity index (χ0) is 20.8. The van der Waals surface area contributed by atoms with Gasteiger partial charge in [-0.3, -0.25) is 10.1 Å². The van der Waals surface area contributed by atoms with E-state index >= 15 is 0 Å². The van der Waals surface area contributed by atoms with Gasteiger partial charge >= 0.3 is 0 Å². The Hall–Kier alpha value is -2.31. The van der Waals surface area contributed by atoms with E-state index in [9.17, 15) is 4.79 Å². The predicted molar refractivity (Wildman–Crippen MR) is 123 cm³/mol. The second-order valence-corrected chi connectivity index (χ2v) is 8.02. The molecule has 0 bridgehead atoms. The van der Waals surface area contributed by atoms with E-state index in [1.54, 1.807) is 18.2 Å². The fourth-order valence-electron chi connectivity index (χ4n) is 3.32. The lowest BCUT2D eigenvalue weighted by atomic mass is 9.99. The summed E-state index contributed by atoms with van der Waals surface area (Å²) in [4.78, 5) is 14.7. The fourth-order valence-corrected chi connectivity index (χ4v) is 3.83. The van der Waals surface area contributed by atoms with Crippen LogP contribution >= 0.6 is 23.8 Å². The van der Waals surface area contributed by atoms with Crippen LogP contribution in [0.1, 0.15) is 37.0 Å². The van der Waals surface area contributed by atoms with Gasteiger partial charge in [-0.1, -0.05) is 24.6 Å². The second kappa shape index (κ2) is 9.94. The number of amides is 1. The van der Waals surface area contributed by atoms with Crippen molar-refractivity contribution in [1.82, 2.24) is 5.32 Å². The number of piperidine rings is 1. The van der Waals surface area contributed by atoms with Crippen LogP contribution in [0.5, 0.6) is 5.75 Å². The maximum atomic E-state index is 12.4. The van der Waals surface area contributed by atoms with E-state index in [1.165, 1.54) is 12.8 Å². The first-order chi connectivity index (χ1) is 14.0. The number of carbonyl (C=O) groups is 1. The highest BCUT2D eigenvalue weighted by Crippen LogP contribution is 2.31. The van der Waals surface area contributed by atoms with Crippen molar-refractivity contribution in [1.29, 1.82) is 0 Å². The molecule has 2 aromatic carbocycles. The summed E-state index contributed by atoms with van der Waals surface area (Å²) in [5.41, 5.74) is 2.25. The van der Waals surface area contributed by atoms with Crippen molar-refractivity contribution in [3.05, 3.63) is 53.1 Å². The van der Waals surface area contributed by atoms with E-state index < -0.39 is 0 Å². The van der Waals surface area contributed by atoms with Crippen molar-refractivity contribution in [2.24, 2.45) is 5.92 Å². The van der Waals surface area contributed by atoms with E-state index in [0.717, 1.165) is 30.4 Å². The third-order valence-corrected chi connectivity index (χ3v) is 5.47. The molecule has 154 valence electrons. The largest absolute Gasteiger partial charge is 0.494 e. The quantitative estimate of drug-likeness (QED) is 0.645. The summed E-state index contributed by atoms with van der Waals surface area (Å²) in [6.45, 7) is 6.76. The van der Waals surface area contributed by atoms with Crippen LogP contribution < -0.4 is 20.3 Å². The molecule has 0 unspecified atom stereocenters. The molecule has 1 saturated heterocycles. The van der Waals surface area contributed by atoms with Crippen LogP contribution in [0, 0.1) is 5.92 Å². The molecule has 2 aromatic rings. The summed E-state index contributed by atoms with van der Waals surface area (Å²) in [6.07, 6.45) is 2.36. The van der Waals surface area contributed by atoms with Gasteiger partial charge in [-0.2, -0.15) is 0 Å². The van der Waals surface area contributed by atoms with Crippen molar-refractivity contribution in [3.63, 3.8) is 0 Å². The molecule has 0 saturated carbocycles. The Kier molecular flexibility index (Phi) is 7.34. The SMILES string of the molecule is CCOc1cccc(C(=O)NC(=S)Nc2ccc(N3CCC(C)CC3)c(Cl)c2)c1. The smallest absolute Gasteiger partial charge is 0.257 e. The average molecular weight is 432 g/mol. The zero-order valence-corrected chi connectivity index (χ0v) is 18.3. The Morgan fingerprint density at radius 1 is 1.24 bits per heavy atom. The molecule has 0 aliphatic carbocycles. The summed E-state index contributed by atoms with van der Waals surface area (Å²) >= 11 is 11.8. The first kappa shape index (κ1) is 21.4. The average Bonchev–Trinajstić information content (AvgIpc) is 2.69. The Labute approximate surface area is 182 Å². The zero-order valence-electron chi connectivity index (χ0n) is 16.7. The van der Waals surface area contributed by atoms with Gasteiger partial charge in [0.2, 0.25) is 0 Å². The first-order valence-corrected chi connectivity index (χ1v) is 10.6. The maximum Gasteiger partial charge on any atom is 0.257 e. The molecule has 0 spiro atoms. The highest BCUT2D eigenvalue weighted by atomic mass is 35.5. The number of rotatable bonds is 5. The molecule has 1 fully saturated rings. The molecule has 2 N–H and O–H groups in total. The van der Waals surface area contributed by atoms with Gasteiger partial charge in [0.1, 0.15) is 5.75 Å². The van der Waals surface area contributed by atoms with Crippen LogP contribution in [0.3, 0.4) is 0 Å². The standard InChI is InChI=1S/C22H26ClN3O2S/c1-3-28-18-6-4-5-16(13-18)21(27)25-22(29)24-17-7-8-20(19(23)14-17)26-11-9-15(2)10-12-26/h4-8,13-15H,3,9-12H2,1-2H3,(H2,24,25,27,29). The molecule has 7 heteroatoms. The normalized spacial score (nSPS) is 14.4. The fraction of sp³-hybridized carbons (Fsp3) is 0.364. The Bertz CT molecular complexity index is 882. The van der Waals surface area contributed by atoms with Crippen LogP contribution in [-0.2, 0) is 0 Å². The summed E-state index contributed by atoms with van der Waals surface area (Å²) in [5.74, 6) is 1.11. The molecule has 3 rings (SSSR count). The van der Waals surface area contributed by atoms with Gasteiger partial charge in [0.05, 0.1) is 17.3 Å². The van der Waals surface area contributed by atoms with Crippen LogP contribution in [0.2, 0.25) is 5.02 Å². The maximum absolute atomic E-state index is 12.4. The number of hydrogen-bond acceptors (Lipinski definition) is 4. The first-order valence-electron chi connectivity index (χ1n) is 9.86. The topological polar surface area (TPSA) is 53.6 Å². The molecule has 1 amide bonds. The molecule has 5 nitrogen and oxygen atoms in total. The lowest BCUT2D eigenvalue weighted by molar-refractivity contribution is 0.0977. The van der Waals surface area contributed by atoms with E-state index in [2.05, 4.69) is 22.5 Å². The molecule has 0 atom stereocenters. The lowest BCUT2D eigenvalue weighted by Crippen LogP contribution is -2.34. The highest BCUT2D eigenvalue weighted by molar-refractivity contribution is 7.80. The van der Waals surface area contributed by atoms with Crippen molar-refractivity contribution in [3.8, 4) is 5.75 Å². The summed E-state index contributed by atoms with van der Waals surface area (Å²) in [7, 11) is 0. The Morgan fingerprint density at radius 3 is 2.69 bits per heavy atom. The van der Waals surface area contributed by atoms with Crippen LogP contribution in [0.4, 0.5) is 11.4 Å². The number of thiocarbonyl (C=S) groups is 1. The number of hydrogen-bond donors (Lipinski definition) is 2. The van der Waals surface area contributed by atoms with Crippen LogP contribution in [0.15, 0.2) is 42.5 Å². The van der Waals surface area contributed by atoms with Crippen molar-refractivity contribution < 1.29 is 9.53 Å². The lowest BCUT2D eigenvalue weighted by Gasteiger charge is -2.32. The highest BCUT2D eigenvalue weighted by Gasteiger charge is 2.18. The number of anilines is 2. The molecule has 0 aromatic heterocycles. The number of nitrogens with zero attached hydrogens (tertiary/aromatic N) is 1. The molecule has 0 radical (unpaired) electrons. The van der Waals surface area contributed by atoms with E-state index in [0.29, 0.717) is 22.9 Å². The monoisotopic (exact) mass is 431 g/mol. The predicted octanol–water partition coefficient (Wildman–Crippen LogP) is 5.10. The van der Waals surface area contributed by atoms with Crippen LogP contribution in [-0.4, -0.2) is 30.7 Å². The number of nitrogens with one attached hydrogen (secondary N) is 2. The van der Waals surface area contributed by atoms with Crippen molar-refractivity contribution >= 4 is 46.2 Å². The minimum absolute atomic E-state index is 0.215. The number of carbonyl (C=O) groups excluding carboxylic acids is 1. The van der Waals surface area contributed by atoms with Gasteiger partial charge < -0.3 is 15.0 Å². The molecule has 1 aliphatic heterocycles. The van der Waals surface area contributed by atoms with Gasteiger partial charge in [0, 0.05) is 24.3 Å². The van der Waals surface area contributed by atoms with E-state index in [4.69, 9.17) is 28.6 Å². The third kappa shape index (κ3) is 5.84. The molecule has 1 aliphatic rings. The Balaban J connectivity index is 1.59. The summed E-state index contributed by atoms with van der Waals surface area (Å²) in [5, 5.41) is 6.60. The minimum atomic E-state index is -0.297. The molecular formula is C22H26ClN3O2S. The minimum Gasteiger partial charge on any atom is -0.494 e. The van der Waals surface area contributed by atoms with Gasteiger partial charge in [-0.15, -0.1) is 0 Å². The van der Waals surface area contributed by atoms with Gasteiger partial charge in [-0.05, 0) is 74.3 Å². The molecule has 1 heterocycles. The number of benzene rings is 2. The second-order valence-electron chi connectivity index (χ2n) is 7.20. The molecular weight excluding hydrogens is 406 g/mol. The van der Waals surface area contributed by atoms with Gasteiger partial charge in [-0.25, -0.2) is 0 Å². The van der Waals surface area contributed by atoms with E-state index in [1.807, 2.05) is 31.2 Å².